The molecule has 0 saturated carbocycles. The monoisotopic (exact) mass is 317 g/mol. The maximum Gasteiger partial charge on any atom is 0.258 e. The van der Waals surface area contributed by atoms with Crippen molar-refractivity contribution >= 4 is 11.8 Å². The first-order chi connectivity index (χ1) is 11.1. The summed E-state index contributed by atoms with van der Waals surface area (Å²) < 4.78 is 22.1. The van der Waals surface area contributed by atoms with Crippen LogP contribution >= 0.6 is 0 Å². The number of hydrogen-bond donors (Lipinski definition) is 1. The lowest BCUT2D eigenvalue weighted by molar-refractivity contribution is -0.246. The Morgan fingerprint density at radius 3 is 2.39 bits per heavy atom. The van der Waals surface area contributed by atoms with Gasteiger partial charge in [0, 0.05) is 27.0 Å². The van der Waals surface area contributed by atoms with Crippen LogP contribution in [0.2, 0.25) is 0 Å². The van der Waals surface area contributed by atoms with Crippen LogP contribution in [0.25, 0.3) is 6.08 Å². The van der Waals surface area contributed by atoms with Crippen molar-refractivity contribution in [2.75, 3.05) is 34.2 Å². The molecule has 0 amide bonds. The molecule has 0 aromatic heterocycles. The van der Waals surface area contributed by atoms with Crippen LogP contribution in [0.5, 0.6) is 0 Å². The van der Waals surface area contributed by atoms with E-state index in [1.807, 2.05) is 48.6 Å². The van der Waals surface area contributed by atoms with Gasteiger partial charge in [0.25, 0.3) is 5.79 Å². The van der Waals surface area contributed by atoms with Gasteiger partial charge in [-0.15, -0.1) is 0 Å². The van der Waals surface area contributed by atoms with Crippen molar-refractivity contribution in [3.05, 3.63) is 59.4 Å². The normalized spacial score (nSPS) is 20.3. The molecule has 0 saturated heterocycles. The van der Waals surface area contributed by atoms with E-state index in [2.05, 4.69) is 0 Å². The van der Waals surface area contributed by atoms with Crippen LogP contribution in [-0.4, -0.2) is 40.3 Å². The topological polar surface area (TPSA) is 62.9 Å². The molecule has 0 aliphatic heterocycles. The van der Waals surface area contributed by atoms with E-state index in [-0.39, 0.29) is 0 Å². The Bertz CT molecular complexity index is 630. The summed E-state index contributed by atoms with van der Waals surface area (Å²) in [6.07, 6.45) is 7.31. The molecule has 2 N–H and O–H groups in total. The fourth-order valence-electron chi connectivity index (χ4n) is 2.62. The first-order valence-electron chi connectivity index (χ1n) is 7.24. The molecule has 1 aromatic rings. The number of ether oxygens (including phenoxy) is 4. The summed E-state index contributed by atoms with van der Waals surface area (Å²) in [7, 11) is 6.30. The summed E-state index contributed by atoms with van der Waals surface area (Å²) in [5, 5.41) is 0. The second-order valence-corrected chi connectivity index (χ2v) is 5.11. The van der Waals surface area contributed by atoms with Gasteiger partial charge in [-0.1, -0.05) is 24.3 Å². The molecule has 0 radical (unpaired) electrons. The smallest absolute Gasteiger partial charge is 0.258 e. The Labute approximate surface area is 137 Å². The van der Waals surface area contributed by atoms with Gasteiger partial charge in [0.15, 0.2) is 5.76 Å². The SMILES string of the molecule is COC1=CC(/C=C/c2cccc(N)c2)=CC(OC)C1(OC)OC. The first kappa shape index (κ1) is 17.3. The summed E-state index contributed by atoms with van der Waals surface area (Å²) in [4.78, 5) is 0. The van der Waals surface area contributed by atoms with Gasteiger partial charge in [0.05, 0.1) is 7.11 Å². The van der Waals surface area contributed by atoms with Crippen LogP contribution in [0, 0.1) is 0 Å². The van der Waals surface area contributed by atoms with Crippen molar-refractivity contribution in [1.82, 2.24) is 0 Å². The minimum absolute atomic E-state index is 0.432. The third kappa shape index (κ3) is 3.47. The molecular formula is C18H23NO4. The lowest BCUT2D eigenvalue weighted by Crippen LogP contribution is -2.49. The molecule has 1 aliphatic carbocycles. The second-order valence-electron chi connectivity index (χ2n) is 5.11. The van der Waals surface area contributed by atoms with Crippen molar-refractivity contribution in [1.29, 1.82) is 0 Å². The molecule has 23 heavy (non-hydrogen) atoms. The van der Waals surface area contributed by atoms with Gasteiger partial charge in [0.1, 0.15) is 6.10 Å². The molecule has 1 atom stereocenters. The summed E-state index contributed by atoms with van der Waals surface area (Å²) in [5.41, 5.74) is 8.47. The Kier molecular flexibility index (Phi) is 5.60. The predicted molar refractivity (Wildman–Crippen MR) is 90.6 cm³/mol. The average molecular weight is 317 g/mol. The zero-order chi connectivity index (χ0) is 16.9. The molecule has 1 aliphatic rings. The highest BCUT2D eigenvalue weighted by molar-refractivity contribution is 5.59. The average Bonchev–Trinajstić information content (AvgIpc) is 2.58. The highest BCUT2D eigenvalue weighted by Crippen LogP contribution is 2.35. The Hall–Kier alpha value is -2.08. The van der Waals surface area contributed by atoms with Crippen LogP contribution in [0.3, 0.4) is 0 Å². The summed E-state index contributed by atoms with van der Waals surface area (Å²) in [6.45, 7) is 0. The molecular weight excluding hydrogens is 294 g/mol. The van der Waals surface area contributed by atoms with Gasteiger partial charge in [-0.3, -0.25) is 0 Å². The van der Waals surface area contributed by atoms with E-state index < -0.39 is 11.9 Å². The van der Waals surface area contributed by atoms with Crippen molar-refractivity contribution in [2.45, 2.75) is 11.9 Å². The number of rotatable bonds is 6. The van der Waals surface area contributed by atoms with Crippen LogP contribution in [-0.2, 0) is 18.9 Å². The number of methoxy groups -OCH3 is 4. The molecule has 124 valence electrons. The van der Waals surface area contributed by atoms with E-state index in [9.17, 15) is 0 Å². The van der Waals surface area contributed by atoms with Crippen LogP contribution < -0.4 is 5.73 Å². The number of hydrogen-bond acceptors (Lipinski definition) is 5. The van der Waals surface area contributed by atoms with Gasteiger partial charge in [0.2, 0.25) is 0 Å². The maximum absolute atomic E-state index is 5.79. The van der Waals surface area contributed by atoms with Crippen molar-refractivity contribution < 1.29 is 18.9 Å². The van der Waals surface area contributed by atoms with E-state index >= 15 is 0 Å². The van der Waals surface area contributed by atoms with Crippen LogP contribution in [0.15, 0.2) is 53.8 Å². The first-order valence-corrected chi connectivity index (χ1v) is 7.24. The van der Waals surface area contributed by atoms with Crippen molar-refractivity contribution in [2.24, 2.45) is 0 Å². The van der Waals surface area contributed by atoms with E-state index in [0.29, 0.717) is 5.76 Å². The van der Waals surface area contributed by atoms with E-state index in [1.54, 1.807) is 28.4 Å². The van der Waals surface area contributed by atoms with Gasteiger partial charge in [-0.05, 0) is 35.4 Å². The van der Waals surface area contributed by atoms with E-state index in [4.69, 9.17) is 24.7 Å². The highest BCUT2D eigenvalue weighted by Gasteiger charge is 2.46. The van der Waals surface area contributed by atoms with Crippen molar-refractivity contribution in [3.8, 4) is 0 Å². The van der Waals surface area contributed by atoms with Crippen LogP contribution in [0.4, 0.5) is 5.69 Å². The molecule has 0 bridgehead atoms. The van der Waals surface area contributed by atoms with Gasteiger partial charge in [-0.2, -0.15) is 0 Å². The fourth-order valence-corrected chi connectivity index (χ4v) is 2.62. The minimum atomic E-state index is -1.09. The standard InChI is InChI=1S/C18H23NO4/c1-20-16-11-14(9-8-13-6-5-7-15(19)10-13)12-17(21-2)18(16,22-3)23-4/h5-12,16H,19H2,1-4H3/b9-8+. The molecule has 1 unspecified atom stereocenters. The number of nitrogen functional groups attached to an aromatic ring is 1. The summed E-state index contributed by atoms with van der Waals surface area (Å²) >= 11 is 0. The Morgan fingerprint density at radius 1 is 1.09 bits per heavy atom. The highest BCUT2D eigenvalue weighted by atomic mass is 16.7. The molecule has 5 nitrogen and oxygen atoms in total. The minimum Gasteiger partial charge on any atom is -0.495 e. The molecule has 5 heteroatoms. The summed E-state index contributed by atoms with van der Waals surface area (Å²) in [6, 6.07) is 7.66. The largest absolute Gasteiger partial charge is 0.495 e. The quantitative estimate of drug-likeness (QED) is 0.646. The third-order valence-electron chi connectivity index (χ3n) is 3.82. The fraction of sp³-hybridized carbons (Fsp3) is 0.333. The number of nitrogens with two attached hydrogens (primary N) is 1. The van der Waals surface area contributed by atoms with E-state index in [1.165, 1.54) is 0 Å². The third-order valence-corrected chi connectivity index (χ3v) is 3.82. The summed E-state index contributed by atoms with van der Waals surface area (Å²) in [5.74, 6) is -0.540. The van der Waals surface area contributed by atoms with Gasteiger partial charge >= 0.3 is 0 Å². The van der Waals surface area contributed by atoms with Crippen molar-refractivity contribution in [3.63, 3.8) is 0 Å². The number of allylic oxidation sites excluding steroid dienone is 3. The van der Waals surface area contributed by atoms with Crippen LogP contribution in [0.1, 0.15) is 5.56 Å². The zero-order valence-electron chi connectivity index (χ0n) is 13.9. The van der Waals surface area contributed by atoms with E-state index in [0.717, 1.165) is 16.8 Å². The van der Waals surface area contributed by atoms with Gasteiger partial charge < -0.3 is 24.7 Å². The number of benzene rings is 1. The second kappa shape index (κ2) is 7.46. The predicted octanol–water partition coefficient (Wildman–Crippen LogP) is 2.76. The maximum atomic E-state index is 5.79. The number of anilines is 1. The lowest BCUT2D eigenvalue weighted by atomic mass is 9.95. The molecule has 0 fully saturated rings. The molecule has 0 spiro atoms. The Balaban J connectivity index is 2.33. The molecule has 1 aromatic carbocycles. The lowest BCUT2D eigenvalue weighted by Gasteiger charge is -2.38. The zero-order valence-corrected chi connectivity index (χ0v) is 13.9. The van der Waals surface area contributed by atoms with Gasteiger partial charge in [-0.25, -0.2) is 0 Å². The molecule has 0 heterocycles. The Morgan fingerprint density at radius 2 is 1.83 bits per heavy atom. The molecule has 2 rings (SSSR count).